The lowest BCUT2D eigenvalue weighted by Gasteiger charge is -2.29. The van der Waals surface area contributed by atoms with E-state index in [2.05, 4.69) is 27.4 Å². The minimum absolute atomic E-state index is 0. The van der Waals surface area contributed by atoms with E-state index in [1.165, 1.54) is 0 Å². The minimum atomic E-state index is -0.0887. The maximum atomic E-state index is 9.48. The van der Waals surface area contributed by atoms with Gasteiger partial charge in [-0.05, 0) is 39.7 Å². The molecular formula is C15H33IN4O2. The van der Waals surface area contributed by atoms with Crippen LogP contribution in [0.5, 0.6) is 0 Å². The number of piperidine rings is 1. The molecule has 0 radical (unpaired) electrons. The number of hydrogen-bond donors (Lipinski definition) is 3. The van der Waals surface area contributed by atoms with Crippen LogP contribution >= 0.6 is 24.0 Å². The van der Waals surface area contributed by atoms with Crippen LogP contribution in [-0.4, -0.2) is 74.6 Å². The van der Waals surface area contributed by atoms with Gasteiger partial charge in [0, 0.05) is 39.3 Å². The predicted octanol–water partition coefficient (Wildman–Crippen LogP) is 1.04. The normalized spacial score (nSPS) is 17.1. The highest BCUT2D eigenvalue weighted by Gasteiger charge is 2.15. The highest BCUT2D eigenvalue weighted by atomic mass is 127. The number of aliphatic imine (C=N–C) groups is 1. The summed E-state index contributed by atoms with van der Waals surface area (Å²) in [6, 6.07) is 0. The molecule has 22 heavy (non-hydrogen) atoms. The van der Waals surface area contributed by atoms with Gasteiger partial charge in [-0.2, -0.15) is 0 Å². The van der Waals surface area contributed by atoms with Crippen LogP contribution in [0, 0.1) is 0 Å². The molecule has 1 heterocycles. The zero-order valence-electron chi connectivity index (χ0n) is 14.0. The van der Waals surface area contributed by atoms with Crippen LogP contribution in [-0.2, 0) is 4.74 Å². The second-order valence-corrected chi connectivity index (χ2v) is 5.31. The van der Waals surface area contributed by atoms with Crippen LogP contribution in [0.15, 0.2) is 4.99 Å². The average Bonchev–Trinajstić information content (AvgIpc) is 2.49. The molecule has 0 unspecified atom stereocenters. The van der Waals surface area contributed by atoms with E-state index in [4.69, 9.17) is 4.74 Å². The first-order valence-electron chi connectivity index (χ1n) is 8.26. The SMILES string of the molecule is CCNC(=NCCCN1CCC(O)CC1)NCCOCC.I. The topological polar surface area (TPSA) is 69.1 Å². The smallest absolute Gasteiger partial charge is 0.191 e. The zero-order chi connectivity index (χ0) is 15.3. The van der Waals surface area contributed by atoms with Gasteiger partial charge < -0.3 is 25.4 Å². The fraction of sp³-hybridized carbons (Fsp3) is 0.933. The first-order chi connectivity index (χ1) is 10.3. The summed E-state index contributed by atoms with van der Waals surface area (Å²) >= 11 is 0. The molecule has 1 aliphatic heterocycles. The predicted molar refractivity (Wildman–Crippen MR) is 102 cm³/mol. The van der Waals surface area contributed by atoms with Gasteiger partial charge in [-0.15, -0.1) is 24.0 Å². The van der Waals surface area contributed by atoms with Crippen molar-refractivity contribution in [2.24, 2.45) is 4.99 Å². The van der Waals surface area contributed by atoms with Crippen LogP contribution in [0.2, 0.25) is 0 Å². The molecule has 1 rings (SSSR count). The fourth-order valence-electron chi connectivity index (χ4n) is 2.36. The molecule has 132 valence electrons. The van der Waals surface area contributed by atoms with E-state index in [9.17, 15) is 5.11 Å². The number of aliphatic hydroxyl groups excluding tert-OH is 1. The van der Waals surface area contributed by atoms with Crippen LogP contribution in [0.3, 0.4) is 0 Å². The fourth-order valence-corrected chi connectivity index (χ4v) is 2.36. The Morgan fingerprint density at radius 3 is 2.64 bits per heavy atom. The molecular weight excluding hydrogens is 395 g/mol. The lowest BCUT2D eigenvalue weighted by Crippen LogP contribution is -2.39. The Morgan fingerprint density at radius 1 is 1.27 bits per heavy atom. The number of halogens is 1. The summed E-state index contributed by atoms with van der Waals surface area (Å²) in [7, 11) is 0. The molecule has 3 N–H and O–H groups in total. The molecule has 1 saturated heterocycles. The van der Waals surface area contributed by atoms with Gasteiger partial charge in [-0.3, -0.25) is 4.99 Å². The monoisotopic (exact) mass is 428 g/mol. The summed E-state index contributed by atoms with van der Waals surface area (Å²) in [5.41, 5.74) is 0. The van der Waals surface area contributed by atoms with E-state index >= 15 is 0 Å². The third-order valence-electron chi connectivity index (χ3n) is 3.55. The molecule has 0 aliphatic carbocycles. The standard InChI is InChI=1S/C15H32N4O2.HI/c1-3-16-15(18-9-13-21-4-2)17-8-5-10-19-11-6-14(20)7-12-19;/h14,20H,3-13H2,1-2H3,(H2,16,17,18);1H. The summed E-state index contributed by atoms with van der Waals surface area (Å²) < 4.78 is 5.30. The van der Waals surface area contributed by atoms with Crippen molar-refractivity contribution < 1.29 is 9.84 Å². The Kier molecular flexibility index (Phi) is 14.4. The highest BCUT2D eigenvalue weighted by molar-refractivity contribution is 14.0. The first kappa shape index (κ1) is 21.9. The Hall–Kier alpha value is -0.120. The molecule has 1 fully saturated rings. The third kappa shape index (κ3) is 10.6. The molecule has 0 amide bonds. The molecule has 0 aromatic rings. The molecule has 0 saturated carbocycles. The zero-order valence-corrected chi connectivity index (χ0v) is 16.3. The van der Waals surface area contributed by atoms with E-state index < -0.39 is 0 Å². The highest BCUT2D eigenvalue weighted by Crippen LogP contribution is 2.09. The number of rotatable bonds is 9. The average molecular weight is 428 g/mol. The molecule has 0 aromatic carbocycles. The summed E-state index contributed by atoms with van der Waals surface area (Å²) in [5, 5.41) is 16.0. The Balaban J connectivity index is 0.00000441. The molecule has 0 aromatic heterocycles. The van der Waals surface area contributed by atoms with Crippen molar-refractivity contribution >= 4 is 29.9 Å². The quantitative estimate of drug-likeness (QED) is 0.222. The van der Waals surface area contributed by atoms with E-state index in [0.29, 0.717) is 6.61 Å². The molecule has 6 nitrogen and oxygen atoms in total. The Labute approximate surface area is 152 Å². The van der Waals surface area contributed by atoms with Gasteiger partial charge in [0.2, 0.25) is 0 Å². The number of aliphatic hydroxyl groups is 1. The van der Waals surface area contributed by atoms with Crippen LogP contribution in [0.1, 0.15) is 33.1 Å². The van der Waals surface area contributed by atoms with Gasteiger partial charge >= 0.3 is 0 Å². The summed E-state index contributed by atoms with van der Waals surface area (Å²) in [6.45, 7) is 11.1. The third-order valence-corrected chi connectivity index (χ3v) is 3.55. The first-order valence-corrected chi connectivity index (χ1v) is 8.26. The van der Waals surface area contributed by atoms with Gasteiger partial charge in [0.25, 0.3) is 0 Å². The van der Waals surface area contributed by atoms with Crippen molar-refractivity contribution in [1.82, 2.24) is 15.5 Å². The number of guanidine groups is 1. The van der Waals surface area contributed by atoms with E-state index in [0.717, 1.165) is 71.1 Å². The molecule has 0 atom stereocenters. The van der Waals surface area contributed by atoms with Crippen molar-refractivity contribution in [2.45, 2.75) is 39.2 Å². The van der Waals surface area contributed by atoms with Crippen molar-refractivity contribution in [3.05, 3.63) is 0 Å². The summed E-state index contributed by atoms with van der Waals surface area (Å²) in [4.78, 5) is 6.99. The molecule has 1 aliphatic rings. The van der Waals surface area contributed by atoms with E-state index in [1.54, 1.807) is 0 Å². The van der Waals surface area contributed by atoms with Crippen LogP contribution in [0.25, 0.3) is 0 Å². The maximum absolute atomic E-state index is 9.48. The molecule has 0 bridgehead atoms. The lowest BCUT2D eigenvalue weighted by molar-refractivity contribution is 0.0824. The summed E-state index contributed by atoms with van der Waals surface area (Å²) in [5.74, 6) is 0.867. The van der Waals surface area contributed by atoms with Gasteiger partial charge in [0.15, 0.2) is 5.96 Å². The molecule has 7 heteroatoms. The van der Waals surface area contributed by atoms with Gasteiger partial charge in [-0.1, -0.05) is 0 Å². The number of hydrogen-bond acceptors (Lipinski definition) is 4. The van der Waals surface area contributed by atoms with Crippen molar-refractivity contribution in [3.63, 3.8) is 0 Å². The van der Waals surface area contributed by atoms with Crippen LogP contribution < -0.4 is 10.6 Å². The number of ether oxygens (including phenoxy) is 1. The minimum Gasteiger partial charge on any atom is -0.393 e. The maximum Gasteiger partial charge on any atom is 0.191 e. The molecule has 0 spiro atoms. The Morgan fingerprint density at radius 2 is 2.00 bits per heavy atom. The van der Waals surface area contributed by atoms with E-state index in [-0.39, 0.29) is 30.1 Å². The van der Waals surface area contributed by atoms with Crippen molar-refractivity contribution in [2.75, 3.05) is 52.5 Å². The Bertz CT molecular complexity index is 285. The summed E-state index contributed by atoms with van der Waals surface area (Å²) in [6.07, 6.45) is 2.78. The van der Waals surface area contributed by atoms with Crippen LogP contribution in [0.4, 0.5) is 0 Å². The van der Waals surface area contributed by atoms with Gasteiger partial charge in [0.1, 0.15) is 0 Å². The second kappa shape index (κ2) is 14.5. The largest absolute Gasteiger partial charge is 0.393 e. The second-order valence-electron chi connectivity index (χ2n) is 5.31. The van der Waals surface area contributed by atoms with Crippen molar-refractivity contribution in [3.8, 4) is 0 Å². The number of likely N-dealkylation sites (tertiary alicyclic amines) is 1. The lowest BCUT2D eigenvalue weighted by atomic mass is 10.1. The number of nitrogens with zero attached hydrogens (tertiary/aromatic N) is 2. The van der Waals surface area contributed by atoms with Gasteiger partial charge in [0.05, 0.1) is 12.7 Å². The van der Waals surface area contributed by atoms with Crippen molar-refractivity contribution in [1.29, 1.82) is 0 Å². The van der Waals surface area contributed by atoms with E-state index in [1.807, 2.05) is 6.92 Å². The van der Waals surface area contributed by atoms with Gasteiger partial charge in [-0.25, -0.2) is 0 Å². The number of nitrogens with one attached hydrogen (secondary N) is 2.